The number of thiophene rings is 1. The van der Waals surface area contributed by atoms with Gasteiger partial charge in [-0.1, -0.05) is 12.1 Å². The van der Waals surface area contributed by atoms with Gasteiger partial charge >= 0.3 is 0 Å². The zero-order valence-electron chi connectivity index (χ0n) is 9.09. The number of carbonyl (C=O) groups excluding carboxylic acids is 1. The summed E-state index contributed by atoms with van der Waals surface area (Å²) in [7, 11) is 0. The van der Waals surface area contributed by atoms with Crippen molar-refractivity contribution in [1.82, 2.24) is 4.98 Å². The maximum absolute atomic E-state index is 11.7. The monoisotopic (exact) mass is 248 g/mol. The summed E-state index contributed by atoms with van der Waals surface area (Å²) in [5.41, 5.74) is 0.541. The van der Waals surface area contributed by atoms with Crippen molar-refractivity contribution in [3.63, 3.8) is 0 Å². The lowest BCUT2D eigenvalue weighted by atomic mass is 10.3. The molecule has 4 nitrogen and oxygen atoms in total. The van der Waals surface area contributed by atoms with Crippen LogP contribution >= 0.6 is 11.3 Å². The summed E-state index contributed by atoms with van der Waals surface area (Å²) in [6.45, 7) is -0.130. The number of hydrogen-bond acceptors (Lipinski definition) is 4. The number of aromatic nitrogens is 1. The number of nitrogens with zero attached hydrogens (tertiary/aromatic N) is 1. The molecule has 0 saturated heterocycles. The van der Waals surface area contributed by atoms with Gasteiger partial charge in [0.2, 0.25) is 5.91 Å². The number of anilines is 1. The van der Waals surface area contributed by atoms with E-state index in [0.717, 1.165) is 4.88 Å². The van der Waals surface area contributed by atoms with Crippen LogP contribution in [0.4, 0.5) is 5.82 Å². The Balaban J connectivity index is 1.98. The lowest BCUT2D eigenvalue weighted by molar-refractivity contribution is -0.115. The average molecular weight is 248 g/mol. The van der Waals surface area contributed by atoms with Crippen LogP contribution in [0.2, 0.25) is 0 Å². The summed E-state index contributed by atoms with van der Waals surface area (Å²) < 4.78 is 0. The van der Waals surface area contributed by atoms with Crippen molar-refractivity contribution in [3.05, 3.63) is 46.3 Å². The molecule has 0 unspecified atom stereocenters. The topological polar surface area (TPSA) is 62.2 Å². The highest BCUT2D eigenvalue weighted by atomic mass is 32.1. The van der Waals surface area contributed by atoms with Crippen molar-refractivity contribution >= 4 is 23.1 Å². The second kappa shape index (κ2) is 5.56. The van der Waals surface area contributed by atoms with Crippen LogP contribution in [0.25, 0.3) is 0 Å². The molecule has 2 N–H and O–H groups in total. The molecule has 0 bridgehead atoms. The lowest BCUT2D eigenvalue weighted by Gasteiger charge is -2.04. The number of amides is 1. The molecule has 0 aliphatic heterocycles. The third-order valence-electron chi connectivity index (χ3n) is 2.15. The largest absolute Gasteiger partial charge is 0.390 e. The molecule has 0 aliphatic rings. The van der Waals surface area contributed by atoms with E-state index in [9.17, 15) is 4.79 Å². The predicted molar refractivity (Wildman–Crippen MR) is 66.8 cm³/mol. The van der Waals surface area contributed by atoms with Crippen molar-refractivity contribution in [2.45, 2.75) is 13.0 Å². The van der Waals surface area contributed by atoms with Crippen molar-refractivity contribution in [3.8, 4) is 0 Å². The number of hydrogen-bond donors (Lipinski definition) is 2. The van der Waals surface area contributed by atoms with Gasteiger partial charge in [-0.15, -0.1) is 11.3 Å². The van der Waals surface area contributed by atoms with E-state index >= 15 is 0 Å². The van der Waals surface area contributed by atoms with Gasteiger partial charge in [0.05, 0.1) is 18.7 Å². The van der Waals surface area contributed by atoms with Gasteiger partial charge in [-0.2, -0.15) is 0 Å². The Morgan fingerprint density at radius 2 is 2.24 bits per heavy atom. The number of pyridine rings is 1. The second-order valence-electron chi connectivity index (χ2n) is 3.48. The Bertz CT molecular complexity index is 497. The van der Waals surface area contributed by atoms with E-state index in [2.05, 4.69) is 10.3 Å². The first-order valence-electron chi connectivity index (χ1n) is 5.17. The van der Waals surface area contributed by atoms with Crippen LogP contribution in [0, 0.1) is 0 Å². The smallest absolute Gasteiger partial charge is 0.230 e. The fourth-order valence-corrected chi connectivity index (χ4v) is 2.10. The van der Waals surface area contributed by atoms with E-state index in [-0.39, 0.29) is 12.5 Å². The molecule has 2 aromatic heterocycles. The highest BCUT2D eigenvalue weighted by molar-refractivity contribution is 7.10. The summed E-state index contributed by atoms with van der Waals surface area (Å²) in [6.07, 6.45) is 0.350. The molecule has 0 saturated carbocycles. The third-order valence-corrected chi connectivity index (χ3v) is 3.03. The highest BCUT2D eigenvalue weighted by Gasteiger charge is 2.05. The number of aliphatic hydroxyl groups is 1. The molecule has 1 amide bonds. The maximum Gasteiger partial charge on any atom is 0.230 e. The lowest BCUT2D eigenvalue weighted by Crippen LogP contribution is -2.15. The Hall–Kier alpha value is -1.72. The number of nitrogens with one attached hydrogen (secondary N) is 1. The van der Waals surface area contributed by atoms with E-state index < -0.39 is 0 Å². The first-order chi connectivity index (χ1) is 8.28. The summed E-state index contributed by atoms with van der Waals surface area (Å²) in [5, 5.41) is 13.6. The summed E-state index contributed by atoms with van der Waals surface area (Å²) in [4.78, 5) is 16.8. The normalized spacial score (nSPS) is 10.2. The van der Waals surface area contributed by atoms with Gasteiger partial charge in [0.25, 0.3) is 0 Å². The maximum atomic E-state index is 11.7. The second-order valence-corrected chi connectivity index (χ2v) is 4.51. The van der Waals surface area contributed by atoms with Gasteiger partial charge in [-0.05, 0) is 23.6 Å². The van der Waals surface area contributed by atoms with Crippen LogP contribution in [0.5, 0.6) is 0 Å². The zero-order chi connectivity index (χ0) is 12.1. The third kappa shape index (κ3) is 3.37. The van der Waals surface area contributed by atoms with Gasteiger partial charge in [0, 0.05) is 4.88 Å². The molecule has 2 aromatic rings. The van der Waals surface area contributed by atoms with Gasteiger partial charge in [0.1, 0.15) is 5.82 Å². The molecule has 0 radical (unpaired) electrons. The zero-order valence-corrected chi connectivity index (χ0v) is 9.91. The molecule has 0 aromatic carbocycles. The van der Waals surface area contributed by atoms with Crippen molar-refractivity contribution < 1.29 is 9.90 Å². The fourth-order valence-electron chi connectivity index (χ4n) is 1.40. The van der Waals surface area contributed by atoms with Crippen LogP contribution in [0.1, 0.15) is 10.6 Å². The molecule has 0 spiro atoms. The van der Waals surface area contributed by atoms with E-state index in [1.165, 1.54) is 0 Å². The van der Waals surface area contributed by atoms with Gasteiger partial charge in [0.15, 0.2) is 0 Å². The van der Waals surface area contributed by atoms with Crippen LogP contribution < -0.4 is 5.32 Å². The van der Waals surface area contributed by atoms with Crippen LogP contribution in [-0.2, 0) is 17.8 Å². The van der Waals surface area contributed by atoms with Crippen molar-refractivity contribution in [2.24, 2.45) is 0 Å². The molecule has 17 heavy (non-hydrogen) atoms. The van der Waals surface area contributed by atoms with E-state index in [0.29, 0.717) is 17.9 Å². The SMILES string of the molecule is O=C(Cc1cccs1)Nc1cccc(CO)n1. The summed E-state index contributed by atoms with van der Waals surface area (Å²) in [6, 6.07) is 8.99. The minimum Gasteiger partial charge on any atom is -0.390 e. The van der Waals surface area contributed by atoms with E-state index in [4.69, 9.17) is 5.11 Å². The molecular weight excluding hydrogens is 236 g/mol. The number of rotatable bonds is 4. The number of aliphatic hydroxyl groups excluding tert-OH is 1. The minimum atomic E-state index is -0.130. The average Bonchev–Trinajstić information content (AvgIpc) is 2.82. The first-order valence-corrected chi connectivity index (χ1v) is 6.05. The molecular formula is C12H12N2O2S. The molecule has 2 rings (SSSR count). The summed E-state index contributed by atoms with van der Waals surface area (Å²) >= 11 is 1.55. The molecule has 0 fully saturated rings. The Kier molecular flexibility index (Phi) is 3.85. The Labute approximate surface area is 103 Å². The van der Waals surface area contributed by atoms with E-state index in [1.807, 2.05) is 17.5 Å². The van der Waals surface area contributed by atoms with Gasteiger partial charge in [-0.25, -0.2) is 4.98 Å². The molecule has 0 aliphatic carbocycles. The van der Waals surface area contributed by atoms with Crippen LogP contribution in [0.15, 0.2) is 35.7 Å². The van der Waals surface area contributed by atoms with Gasteiger partial charge in [-0.3, -0.25) is 4.79 Å². The minimum absolute atomic E-state index is 0.102. The Morgan fingerprint density at radius 1 is 1.35 bits per heavy atom. The standard InChI is InChI=1S/C12H12N2O2S/c15-8-9-3-1-5-11(13-9)14-12(16)7-10-4-2-6-17-10/h1-6,15H,7-8H2,(H,13,14,16). The predicted octanol–water partition coefficient (Wildman–Crippen LogP) is 1.82. The van der Waals surface area contributed by atoms with Crippen LogP contribution in [0.3, 0.4) is 0 Å². The van der Waals surface area contributed by atoms with Crippen LogP contribution in [-0.4, -0.2) is 16.0 Å². The molecule has 2 heterocycles. The van der Waals surface area contributed by atoms with Gasteiger partial charge < -0.3 is 10.4 Å². The molecule has 88 valence electrons. The Morgan fingerprint density at radius 3 is 2.94 bits per heavy atom. The fraction of sp³-hybridized carbons (Fsp3) is 0.167. The number of carbonyl (C=O) groups is 1. The van der Waals surface area contributed by atoms with E-state index in [1.54, 1.807) is 29.5 Å². The summed E-state index contributed by atoms with van der Waals surface area (Å²) in [5.74, 6) is 0.369. The highest BCUT2D eigenvalue weighted by Crippen LogP contribution is 2.11. The molecule has 0 atom stereocenters. The quantitative estimate of drug-likeness (QED) is 0.867. The molecule has 5 heteroatoms. The first kappa shape index (κ1) is 11.8. The van der Waals surface area contributed by atoms with Crippen molar-refractivity contribution in [1.29, 1.82) is 0 Å². The van der Waals surface area contributed by atoms with Crippen molar-refractivity contribution in [2.75, 3.05) is 5.32 Å².